The molecule has 0 spiro atoms. The Balaban J connectivity index is 1.46. The first-order chi connectivity index (χ1) is 13.2. The van der Waals surface area contributed by atoms with Crippen molar-refractivity contribution in [1.82, 2.24) is 20.4 Å². The van der Waals surface area contributed by atoms with Gasteiger partial charge >= 0.3 is 0 Å². The minimum atomic E-state index is 0.0717. The van der Waals surface area contributed by atoms with Gasteiger partial charge in [0.2, 0.25) is 5.91 Å². The van der Waals surface area contributed by atoms with Crippen molar-refractivity contribution >= 4 is 5.91 Å². The van der Waals surface area contributed by atoms with Crippen LogP contribution in [-0.2, 0) is 23.0 Å². The Morgan fingerprint density at radius 3 is 2.81 bits per heavy atom. The molecule has 1 heterocycles. The van der Waals surface area contributed by atoms with Crippen LogP contribution in [0.15, 0.2) is 12.4 Å². The smallest absolute Gasteiger partial charge is 0.223 e. The van der Waals surface area contributed by atoms with E-state index in [9.17, 15) is 4.79 Å². The summed E-state index contributed by atoms with van der Waals surface area (Å²) in [5, 5.41) is 11.1. The van der Waals surface area contributed by atoms with Gasteiger partial charge in [0.05, 0.1) is 12.3 Å². The number of amides is 1. The van der Waals surface area contributed by atoms with Crippen molar-refractivity contribution in [3.8, 4) is 0 Å². The molecule has 0 aromatic carbocycles. The van der Waals surface area contributed by atoms with Gasteiger partial charge in [0.25, 0.3) is 0 Å². The summed E-state index contributed by atoms with van der Waals surface area (Å²) in [4.78, 5) is 12.7. The number of rotatable bonds is 9. The van der Waals surface area contributed by atoms with Gasteiger partial charge in [0, 0.05) is 44.4 Å². The predicted octanol–water partition coefficient (Wildman–Crippen LogP) is 2.57. The van der Waals surface area contributed by atoms with Crippen molar-refractivity contribution in [3.63, 3.8) is 0 Å². The fraction of sp³-hybridized carbons (Fsp3) is 0.810. The zero-order valence-electron chi connectivity index (χ0n) is 17.0. The van der Waals surface area contributed by atoms with Gasteiger partial charge in [-0.05, 0) is 50.5 Å². The van der Waals surface area contributed by atoms with Crippen LogP contribution in [0, 0.1) is 5.92 Å². The molecular weight excluding hydrogens is 340 g/mol. The molecule has 3 rings (SSSR count). The highest BCUT2D eigenvalue weighted by atomic mass is 16.5. The molecule has 3 atom stereocenters. The van der Waals surface area contributed by atoms with Gasteiger partial charge in [-0.15, -0.1) is 0 Å². The maximum absolute atomic E-state index is 12.7. The maximum Gasteiger partial charge on any atom is 0.223 e. The molecule has 2 fully saturated rings. The number of aromatic nitrogens is 2. The van der Waals surface area contributed by atoms with Crippen molar-refractivity contribution in [2.75, 3.05) is 13.2 Å². The first kappa shape index (κ1) is 20.3. The fourth-order valence-corrected chi connectivity index (χ4v) is 4.48. The molecule has 0 bridgehead atoms. The quantitative estimate of drug-likeness (QED) is 0.695. The Morgan fingerprint density at radius 1 is 1.30 bits per heavy atom. The second-order valence-corrected chi connectivity index (χ2v) is 8.24. The number of nitrogens with zero attached hydrogens (tertiary/aromatic N) is 2. The third kappa shape index (κ3) is 6.04. The van der Waals surface area contributed by atoms with Crippen molar-refractivity contribution < 1.29 is 9.53 Å². The minimum absolute atomic E-state index is 0.0717. The van der Waals surface area contributed by atoms with E-state index in [-0.39, 0.29) is 17.9 Å². The molecule has 0 saturated heterocycles. The van der Waals surface area contributed by atoms with Crippen LogP contribution in [0.3, 0.4) is 0 Å². The number of nitrogens with one attached hydrogen (secondary N) is 2. The first-order valence-electron chi connectivity index (χ1n) is 10.8. The molecular formula is C21H36N4O2. The number of hydrogen-bond donors (Lipinski definition) is 2. The second-order valence-electron chi connectivity index (χ2n) is 8.24. The monoisotopic (exact) mass is 376 g/mol. The van der Waals surface area contributed by atoms with E-state index in [1.54, 1.807) is 4.68 Å². The molecule has 0 radical (unpaired) electrons. The highest BCUT2D eigenvalue weighted by Gasteiger charge is 2.35. The number of hydrogen-bond acceptors (Lipinski definition) is 4. The van der Waals surface area contributed by atoms with Crippen LogP contribution < -0.4 is 10.6 Å². The number of carbonyl (C=O) groups excluding carboxylic acids is 1. The van der Waals surface area contributed by atoms with Crippen LogP contribution in [0.1, 0.15) is 63.9 Å². The summed E-state index contributed by atoms with van der Waals surface area (Å²) in [6, 6.07) is 1.05. The standard InChI is InChI=1S/C21H36N4O2/c1-3-12-27-20-13-17(8-9-19(20)24-18-6-4-5-7-18)21(26)22-11-10-16-14-23-25(2)15-16/h14-15,17-20,24H,3-13H2,1-2H3,(H,22,26)/t17-,19+,20+/m0/s1. The minimum Gasteiger partial charge on any atom is -0.377 e. The van der Waals surface area contributed by atoms with Gasteiger partial charge in [-0.3, -0.25) is 9.48 Å². The summed E-state index contributed by atoms with van der Waals surface area (Å²) in [7, 11) is 1.91. The predicted molar refractivity (Wildman–Crippen MR) is 106 cm³/mol. The molecule has 2 aliphatic rings. The highest BCUT2D eigenvalue weighted by molar-refractivity contribution is 5.78. The third-order valence-electron chi connectivity index (χ3n) is 5.97. The summed E-state index contributed by atoms with van der Waals surface area (Å²) < 4.78 is 7.96. The van der Waals surface area contributed by atoms with Crippen LogP contribution in [0.25, 0.3) is 0 Å². The molecule has 152 valence electrons. The van der Waals surface area contributed by atoms with E-state index >= 15 is 0 Å². The average molecular weight is 377 g/mol. The largest absolute Gasteiger partial charge is 0.377 e. The van der Waals surface area contributed by atoms with Crippen molar-refractivity contribution in [3.05, 3.63) is 18.0 Å². The maximum atomic E-state index is 12.7. The van der Waals surface area contributed by atoms with Crippen molar-refractivity contribution in [1.29, 1.82) is 0 Å². The van der Waals surface area contributed by atoms with Crippen LogP contribution >= 0.6 is 0 Å². The van der Waals surface area contributed by atoms with E-state index in [0.29, 0.717) is 18.6 Å². The van der Waals surface area contributed by atoms with Gasteiger partial charge < -0.3 is 15.4 Å². The molecule has 1 amide bonds. The van der Waals surface area contributed by atoms with Gasteiger partial charge in [0.15, 0.2) is 0 Å². The number of aryl methyl sites for hydroxylation is 1. The van der Waals surface area contributed by atoms with E-state index < -0.39 is 0 Å². The van der Waals surface area contributed by atoms with Crippen LogP contribution in [0.2, 0.25) is 0 Å². The SMILES string of the molecule is CCCO[C@@H]1C[C@@H](C(=O)NCCc2cnn(C)c2)CC[C@H]1NC1CCCC1. The molecule has 27 heavy (non-hydrogen) atoms. The Bertz CT molecular complexity index is 582. The van der Waals surface area contributed by atoms with Crippen molar-refractivity contribution in [2.24, 2.45) is 13.0 Å². The molecule has 2 saturated carbocycles. The molecule has 1 aromatic heterocycles. The van der Waals surface area contributed by atoms with E-state index in [2.05, 4.69) is 22.7 Å². The lowest BCUT2D eigenvalue weighted by atomic mass is 9.82. The molecule has 2 N–H and O–H groups in total. The summed E-state index contributed by atoms with van der Waals surface area (Å²) in [5.41, 5.74) is 1.16. The van der Waals surface area contributed by atoms with Crippen LogP contribution in [0.5, 0.6) is 0 Å². The lowest BCUT2D eigenvalue weighted by Crippen LogP contribution is -2.51. The van der Waals surface area contributed by atoms with Gasteiger partial charge in [-0.2, -0.15) is 5.10 Å². The van der Waals surface area contributed by atoms with Crippen LogP contribution in [-0.4, -0.2) is 47.0 Å². The van der Waals surface area contributed by atoms with Gasteiger partial charge in [-0.1, -0.05) is 19.8 Å². The molecule has 6 heteroatoms. The van der Waals surface area contributed by atoms with E-state index in [4.69, 9.17) is 4.74 Å². The molecule has 1 aromatic rings. The molecule has 0 aliphatic heterocycles. The van der Waals surface area contributed by atoms with E-state index in [1.807, 2.05) is 19.4 Å². The van der Waals surface area contributed by atoms with E-state index in [0.717, 1.165) is 44.3 Å². The Kier molecular flexibility index (Phi) is 7.70. The lowest BCUT2D eigenvalue weighted by molar-refractivity contribution is -0.128. The highest BCUT2D eigenvalue weighted by Crippen LogP contribution is 2.29. The molecule has 6 nitrogen and oxygen atoms in total. The van der Waals surface area contributed by atoms with E-state index in [1.165, 1.54) is 25.7 Å². The Hall–Kier alpha value is -1.40. The normalized spacial score (nSPS) is 26.4. The van der Waals surface area contributed by atoms with Crippen molar-refractivity contribution in [2.45, 2.75) is 82.9 Å². The molecule has 2 aliphatic carbocycles. The lowest BCUT2D eigenvalue weighted by Gasteiger charge is -2.37. The Labute approximate surface area is 163 Å². The molecule has 0 unspecified atom stereocenters. The number of carbonyl (C=O) groups is 1. The zero-order chi connectivity index (χ0) is 19.1. The summed E-state index contributed by atoms with van der Waals surface area (Å²) >= 11 is 0. The average Bonchev–Trinajstić information content (AvgIpc) is 3.32. The number of ether oxygens (including phenoxy) is 1. The topological polar surface area (TPSA) is 68.2 Å². The third-order valence-corrected chi connectivity index (χ3v) is 5.97. The van der Waals surface area contributed by atoms with Crippen LogP contribution in [0.4, 0.5) is 0 Å². The second kappa shape index (κ2) is 10.2. The van der Waals surface area contributed by atoms with Gasteiger partial charge in [0.1, 0.15) is 0 Å². The fourth-order valence-electron chi connectivity index (χ4n) is 4.48. The summed E-state index contributed by atoms with van der Waals surface area (Å²) in [6.45, 7) is 3.60. The zero-order valence-corrected chi connectivity index (χ0v) is 17.0. The first-order valence-corrected chi connectivity index (χ1v) is 10.8. The summed E-state index contributed by atoms with van der Waals surface area (Å²) in [5.74, 6) is 0.255. The van der Waals surface area contributed by atoms with Gasteiger partial charge in [-0.25, -0.2) is 0 Å². The summed E-state index contributed by atoms with van der Waals surface area (Å²) in [6.07, 6.45) is 14.0. The Morgan fingerprint density at radius 2 is 2.11 bits per heavy atom.